The van der Waals surface area contributed by atoms with Gasteiger partial charge in [-0.15, -0.1) is 23.2 Å². The number of halogens is 6. The van der Waals surface area contributed by atoms with Gasteiger partial charge in [0.2, 0.25) is 0 Å². The zero-order valence-corrected chi connectivity index (χ0v) is 12.7. The molecule has 2 bridgehead atoms. The van der Waals surface area contributed by atoms with Gasteiger partial charge in [0.25, 0.3) is 0 Å². The second-order valence-corrected chi connectivity index (χ2v) is 8.41. The molecule has 6 atom stereocenters. The van der Waals surface area contributed by atoms with Crippen molar-refractivity contribution in [2.45, 2.75) is 32.7 Å². The second kappa shape index (κ2) is 3.03. The van der Waals surface area contributed by atoms with E-state index < -0.39 is 14.1 Å². The van der Waals surface area contributed by atoms with Gasteiger partial charge in [0, 0.05) is 5.92 Å². The van der Waals surface area contributed by atoms with Crippen LogP contribution in [-0.4, -0.2) is 26.3 Å². The van der Waals surface area contributed by atoms with E-state index in [9.17, 15) is 0 Å². The summed E-state index contributed by atoms with van der Waals surface area (Å²) < 4.78 is 4.12. The third-order valence-corrected chi connectivity index (χ3v) is 8.93. The number of ether oxygens (including phenoxy) is 1. The van der Waals surface area contributed by atoms with Crippen molar-refractivity contribution < 1.29 is 4.74 Å². The SMILES string of the molecule is ClC1=C(Cl)[C@]2(Cl)C3CC4OC4C3C1(Cl)C2(Cl)Cl. The smallest absolute Gasteiger partial charge is 0.166 e. The zero-order chi connectivity index (χ0) is 12.4. The number of epoxide rings is 1. The zero-order valence-electron chi connectivity index (χ0n) is 8.19. The van der Waals surface area contributed by atoms with Gasteiger partial charge in [-0.2, -0.15) is 0 Å². The molecule has 2 saturated carbocycles. The molecule has 0 N–H and O–H groups in total. The van der Waals surface area contributed by atoms with Gasteiger partial charge in [0.15, 0.2) is 4.33 Å². The van der Waals surface area contributed by atoms with Crippen LogP contribution >= 0.6 is 69.6 Å². The molecule has 4 aliphatic rings. The maximum atomic E-state index is 6.64. The number of hydrogen-bond acceptors (Lipinski definition) is 1. The van der Waals surface area contributed by atoms with E-state index in [0.29, 0.717) is 5.03 Å². The van der Waals surface area contributed by atoms with Crippen LogP contribution < -0.4 is 0 Å². The molecule has 0 aromatic rings. The number of alkyl halides is 4. The fourth-order valence-electron chi connectivity index (χ4n) is 3.81. The fraction of sp³-hybridized carbons (Fsp3) is 0.800. The average Bonchev–Trinajstić information content (AvgIpc) is 2.88. The minimum absolute atomic E-state index is 0.0235. The van der Waals surface area contributed by atoms with Crippen molar-refractivity contribution in [3.8, 4) is 0 Å². The van der Waals surface area contributed by atoms with Crippen LogP contribution in [0.3, 0.4) is 0 Å². The summed E-state index contributed by atoms with van der Waals surface area (Å²) in [5.41, 5.74) is 0. The summed E-state index contributed by atoms with van der Waals surface area (Å²) in [5, 5.41) is 0.571. The van der Waals surface area contributed by atoms with E-state index >= 15 is 0 Å². The fourth-order valence-corrected chi connectivity index (χ4v) is 6.90. The minimum atomic E-state index is -1.40. The topological polar surface area (TPSA) is 12.5 Å². The van der Waals surface area contributed by atoms with Gasteiger partial charge in [-0.05, 0) is 12.3 Å². The second-order valence-electron chi connectivity index (χ2n) is 5.13. The molecule has 94 valence electrons. The number of allylic oxidation sites excluding steroid dienone is 2. The van der Waals surface area contributed by atoms with E-state index in [4.69, 9.17) is 74.3 Å². The maximum absolute atomic E-state index is 6.64. The van der Waals surface area contributed by atoms with Crippen LogP contribution in [0.25, 0.3) is 0 Å². The summed E-state index contributed by atoms with van der Waals surface area (Å²) >= 11 is 38.6. The van der Waals surface area contributed by atoms with Crippen molar-refractivity contribution >= 4 is 69.6 Å². The summed E-state index contributed by atoms with van der Waals surface area (Å²) in [6.07, 6.45) is 1.06. The summed E-state index contributed by atoms with van der Waals surface area (Å²) in [5.74, 6) is -0.0351. The van der Waals surface area contributed by atoms with Gasteiger partial charge in [-0.25, -0.2) is 0 Å². The molecule has 1 nitrogen and oxygen atoms in total. The van der Waals surface area contributed by atoms with E-state index in [1.165, 1.54) is 0 Å². The Kier molecular flexibility index (Phi) is 2.17. The van der Waals surface area contributed by atoms with Gasteiger partial charge in [0.1, 0.15) is 9.75 Å². The predicted molar refractivity (Wildman–Crippen MR) is 70.6 cm³/mol. The molecule has 0 amide bonds. The van der Waals surface area contributed by atoms with Gasteiger partial charge < -0.3 is 4.74 Å². The van der Waals surface area contributed by atoms with E-state index in [0.717, 1.165) is 6.42 Å². The van der Waals surface area contributed by atoms with Crippen LogP contribution in [0, 0.1) is 11.8 Å². The monoisotopic (exact) mass is 352 g/mol. The van der Waals surface area contributed by atoms with E-state index in [1.807, 2.05) is 0 Å². The molecule has 0 radical (unpaired) electrons. The quantitative estimate of drug-likeness (QED) is 0.468. The Morgan fingerprint density at radius 1 is 1.00 bits per heavy atom. The highest BCUT2D eigenvalue weighted by Crippen LogP contribution is 2.80. The maximum Gasteiger partial charge on any atom is 0.166 e. The summed E-state index contributed by atoms with van der Waals surface area (Å²) in [4.78, 5) is -2.21. The van der Waals surface area contributed by atoms with Crippen LogP contribution in [0.5, 0.6) is 0 Å². The molecule has 17 heavy (non-hydrogen) atoms. The number of rotatable bonds is 0. The molecule has 1 heterocycles. The molecule has 1 aliphatic heterocycles. The third-order valence-electron chi connectivity index (χ3n) is 4.61. The van der Waals surface area contributed by atoms with Crippen molar-refractivity contribution in [2.75, 3.05) is 0 Å². The van der Waals surface area contributed by atoms with Gasteiger partial charge in [0.05, 0.1) is 22.3 Å². The lowest BCUT2D eigenvalue weighted by atomic mass is 9.84. The molecule has 3 aliphatic carbocycles. The van der Waals surface area contributed by atoms with E-state index in [-0.39, 0.29) is 29.1 Å². The summed E-state index contributed by atoms with van der Waals surface area (Å²) in [7, 11) is 0. The highest BCUT2D eigenvalue weighted by Gasteiger charge is 2.87. The first-order chi connectivity index (χ1) is 7.78. The standard InChI is InChI=1S/C10H6Cl6O/c11-6-7(12)9(14)4-2(1-3-5(4)17-3)8(6,13)10(9,15)16/h2-5H,1H2/t2?,3?,4?,5?,8-,9?/m1/s1. The first-order valence-corrected chi connectivity index (χ1v) is 7.52. The Hall–Kier alpha value is 1.44. The molecular formula is C10H6Cl6O. The van der Waals surface area contributed by atoms with Crippen molar-refractivity contribution in [3.63, 3.8) is 0 Å². The Labute approximate surface area is 128 Å². The Morgan fingerprint density at radius 2 is 1.59 bits per heavy atom. The molecule has 5 unspecified atom stereocenters. The Morgan fingerprint density at radius 3 is 2.24 bits per heavy atom. The van der Waals surface area contributed by atoms with Crippen LogP contribution in [0.2, 0.25) is 0 Å². The first kappa shape index (κ1) is 12.2. The lowest BCUT2D eigenvalue weighted by Crippen LogP contribution is -2.45. The average molecular weight is 355 g/mol. The predicted octanol–water partition coefficient (Wildman–Crippen LogP) is 4.24. The molecule has 7 heteroatoms. The molecule has 3 fully saturated rings. The molecule has 0 spiro atoms. The third kappa shape index (κ3) is 0.971. The molecule has 0 aromatic heterocycles. The van der Waals surface area contributed by atoms with Crippen LogP contribution in [0.15, 0.2) is 10.1 Å². The first-order valence-electron chi connectivity index (χ1n) is 5.25. The van der Waals surface area contributed by atoms with Crippen molar-refractivity contribution in [1.29, 1.82) is 0 Å². The molecule has 1 saturated heterocycles. The minimum Gasteiger partial charge on any atom is -0.369 e. The molecule has 0 aromatic carbocycles. The van der Waals surface area contributed by atoms with Gasteiger partial charge in [-0.1, -0.05) is 46.4 Å². The molecular weight excluding hydrogens is 349 g/mol. The van der Waals surface area contributed by atoms with Crippen LogP contribution in [-0.2, 0) is 4.74 Å². The lowest BCUT2D eigenvalue weighted by Gasteiger charge is -2.33. The van der Waals surface area contributed by atoms with Crippen LogP contribution in [0.4, 0.5) is 0 Å². The highest BCUT2D eigenvalue weighted by molar-refractivity contribution is 6.65. The van der Waals surface area contributed by atoms with Crippen LogP contribution in [0.1, 0.15) is 6.42 Å². The largest absolute Gasteiger partial charge is 0.369 e. The molecule has 4 rings (SSSR count). The normalized spacial score (nSPS) is 61.8. The van der Waals surface area contributed by atoms with Gasteiger partial charge >= 0.3 is 0 Å². The summed E-state index contributed by atoms with van der Waals surface area (Å²) in [6.45, 7) is 0. The van der Waals surface area contributed by atoms with E-state index in [2.05, 4.69) is 0 Å². The van der Waals surface area contributed by atoms with Crippen molar-refractivity contribution in [2.24, 2.45) is 11.8 Å². The Balaban J connectivity index is 2.00. The lowest BCUT2D eigenvalue weighted by molar-refractivity contribution is 0.200. The number of hydrogen-bond donors (Lipinski definition) is 0. The van der Waals surface area contributed by atoms with E-state index in [1.54, 1.807) is 0 Å². The van der Waals surface area contributed by atoms with Crippen molar-refractivity contribution in [3.05, 3.63) is 10.1 Å². The summed E-state index contributed by atoms with van der Waals surface area (Å²) in [6, 6.07) is 0. The van der Waals surface area contributed by atoms with Gasteiger partial charge in [-0.3, -0.25) is 0 Å². The number of fused-ring (bicyclic) bond motifs is 7. The Bertz CT molecular complexity index is 475. The van der Waals surface area contributed by atoms with Crippen molar-refractivity contribution in [1.82, 2.24) is 0 Å². The highest BCUT2D eigenvalue weighted by atomic mass is 35.5.